The Kier molecular flexibility index (Phi) is 6.23. The largest absolute Gasteiger partial charge is 0.497 e. The van der Waals surface area contributed by atoms with Gasteiger partial charge in [-0.1, -0.05) is 6.07 Å². The molecule has 0 atom stereocenters. The average molecular weight is 330 g/mol. The summed E-state index contributed by atoms with van der Waals surface area (Å²) in [4.78, 5) is 0. The second kappa shape index (κ2) is 8.39. The van der Waals surface area contributed by atoms with Gasteiger partial charge < -0.3 is 20.1 Å². The molecule has 0 aromatic heterocycles. The smallest absolute Gasteiger partial charge is 0.170 e. The van der Waals surface area contributed by atoms with E-state index < -0.39 is 0 Å². The van der Waals surface area contributed by atoms with Crippen LogP contribution in [0.3, 0.4) is 0 Å². The molecule has 0 fully saturated rings. The van der Waals surface area contributed by atoms with Crippen LogP contribution in [0.4, 0.5) is 5.69 Å². The predicted octanol–water partition coefficient (Wildman–Crippen LogP) is 3.68. The second-order valence-corrected chi connectivity index (χ2v) is 5.61. The molecule has 0 heterocycles. The van der Waals surface area contributed by atoms with E-state index >= 15 is 0 Å². The summed E-state index contributed by atoms with van der Waals surface area (Å²) in [6.45, 7) is 5.33. The van der Waals surface area contributed by atoms with Crippen molar-refractivity contribution in [3.63, 3.8) is 0 Å². The zero-order chi connectivity index (χ0) is 16.7. The van der Waals surface area contributed by atoms with Crippen LogP contribution in [0.2, 0.25) is 0 Å². The fraction of sp³-hybridized carbons (Fsp3) is 0.278. The summed E-state index contributed by atoms with van der Waals surface area (Å²) in [6.07, 6.45) is 0. The highest BCUT2D eigenvalue weighted by Crippen LogP contribution is 2.16. The molecule has 0 saturated carbocycles. The highest BCUT2D eigenvalue weighted by atomic mass is 32.1. The average Bonchev–Trinajstić information content (AvgIpc) is 2.55. The first kappa shape index (κ1) is 17.1. The molecule has 122 valence electrons. The first-order valence-electron chi connectivity index (χ1n) is 7.47. The second-order valence-electron chi connectivity index (χ2n) is 5.20. The number of rotatable bonds is 6. The van der Waals surface area contributed by atoms with Gasteiger partial charge in [0.25, 0.3) is 0 Å². The first-order chi connectivity index (χ1) is 11.1. The van der Waals surface area contributed by atoms with Gasteiger partial charge in [-0.3, -0.25) is 0 Å². The van der Waals surface area contributed by atoms with Gasteiger partial charge in [-0.05, 0) is 73.6 Å². The van der Waals surface area contributed by atoms with E-state index in [4.69, 9.17) is 21.7 Å². The quantitative estimate of drug-likeness (QED) is 0.625. The third-order valence-corrected chi connectivity index (χ3v) is 3.73. The van der Waals surface area contributed by atoms with Crippen molar-refractivity contribution >= 4 is 23.0 Å². The van der Waals surface area contributed by atoms with E-state index in [1.165, 1.54) is 11.1 Å². The van der Waals surface area contributed by atoms with Crippen LogP contribution < -0.4 is 20.1 Å². The molecule has 0 amide bonds. The summed E-state index contributed by atoms with van der Waals surface area (Å²) in [6, 6.07) is 13.7. The van der Waals surface area contributed by atoms with Gasteiger partial charge in [-0.2, -0.15) is 0 Å². The molecule has 0 saturated heterocycles. The molecule has 0 aliphatic heterocycles. The van der Waals surface area contributed by atoms with Gasteiger partial charge in [-0.25, -0.2) is 0 Å². The fourth-order valence-electron chi connectivity index (χ4n) is 2.00. The highest BCUT2D eigenvalue weighted by Gasteiger charge is 2.00. The molecule has 0 radical (unpaired) electrons. The monoisotopic (exact) mass is 330 g/mol. The molecule has 2 N–H and O–H groups in total. The molecule has 5 heteroatoms. The Morgan fingerprint density at radius 2 is 1.70 bits per heavy atom. The molecule has 2 aromatic rings. The van der Waals surface area contributed by atoms with Gasteiger partial charge in [0.1, 0.15) is 18.1 Å². The van der Waals surface area contributed by atoms with Crippen molar-refractivity contribution in [2.75, 3.05) is 25.6 Å². The lowest BCUT2D eigenvalue weighted by Gasteiger charge is -2.12. The number of hydrogen-bond acceptors (Lipinski definition) is 3. The van der Waals surface area contributed by atoms with Gasteiger partial charge in [0.2, 0.25) is 0 Å². The fourth-order valence-corrected chi connectivity index (χ4v) is 2.22. The van der Waals surface area contributed by atoms with Crippen molar-refractivity contribution in [1.29, 1.82) is 0 Å². The van der Waals surface area contributed by atoms with E-state index in [0.717, 1.165) is 17.2 Å². The van der Waals surface area contributed by atoms with Gasteiger partial charge in [0.15, 0.2) is 5.11 Å². The summed E-state index contributed by atoms with van der Waals surface area (Å²) >= 11 is 5.28. The predicted molar refractivity (Wildman–Crippen MR) is 98.6 cm³/mol. The Labute approximate surface area is 142 Å². The van der Waals surface area contributed by atoms with Crippen LogP contribution in [0, 0.1) is 13.8 Å². The van der Waals surface area contributed by atoms with Crippen LogP contribution in [0.25, 0.3) is 0 Å². The number of benzene rings is 2. The Balaban J connectivity index is 1.70. The van der Waals surface area contributed by atoms with E-state index in [-0.39, 0.29) is 0 Å². The van der Waals surface area contributed by atoms with Crippen LogP contribution in [0.1, 0.15) is 11.1 Å². The van der Waals surface area contributed by atoms with Crippen molar-refractivity contribution in [2.24, 2.45) is 0 Å². The van der Waals surface area contributed by atoms with Gasteiger partial charge in [0.05, 0.1) is 13.7 Å². The molecule has 23 heavy (non-hydrogen) atoms. The summed E-state index contributed by atoms with van der Waals surface area (Å²) in [7, 11) is 1.64. The van der Waals surface area contributed by atoms with Crippen molar-refractivity contribution in [3.8, 4) is 11.5 Å². The minimum absolute atomic E-state index is 0.529. The standard InChI is InChI=1S/C18H22N2O2S/c1-13-4-5-15(12-14(13)2)20-18(23)19-10-11-22-17-8-6-16(21-3)7-9-17/h4-9,12H,10-11H2,1-3H3,(H2,19,20,23). The van der Waals surface area contributed by atoms with E-state index in [2.05, 4.69) is 36.6 Å². The van der Waals surface area contributed by atoms with Crippen LogP contribution in [0.5, 0.6) is 11.5 Å². The minimum atomic E-state index is 0.529. The molecule has 4 nitrogen and oxygen atoms in total. The van der Waals surface area contributed by atoms with Gasteiger partial charge in [0, 0.05) is 5.69 Å². The third-order valence-electron chi connectivity index (χ3n) is 3.48. The van der Waals surface area contributed by atoms with Crippen LogP contribution in [-0.4, -0.2) is 25.4 Å². The molecular weight excluding hydrogens is 308 g/mol. The Morgan fingerprint density at radius 3 is 2.35 bits per heavy atom. The number of anilines is 1. The Hall–Kier alpha value is -2.27. The van der Waals surface area contributed by atoms with Crippen molar-refractivity contribution < 1.29 is 9.47 Å². The lowest BCUT2D eigenvalue weighted by atomic mass is 10.1. The number of aryl methyl sites for hydroxylation is 2. The number of methoxy groups -OCH3 is 1. The lowest BCUT2D eigenvalue weighted by Crippen LogP contribution is -2.31. The first-order valence-corrected chi connectivity index (χ1v) is 7.88. The molecule has 0 bridgehead atoms. The molecule has 0 aliphatic rings. The van der Waals surface area contributed by atoms with Gasteiger partial charge in [-0.15, -0.1) is 0 Å². The number of ether oxygens (including phenoxy) is 2. The normalized spacial score (nSPS) is 10.0. The van der Waals surface area contributed by atoms with E-state index in [1.807, 2.05) is 30.3 Å². The lowest BCUT2D eigenvalue weighted by molar-refractivity contribution is 0.322. The van der Waals surface area contributed by atoms with Crippen LogP contribution >= 0.6 is 12.2 Å². The number of nitrogens with one attached hydrogen (secondary N) is 2. The van der Waals surface area contributed by atoms with Crippen molar-refractivity contribution in [3.05, 3.63) is 53.6 Å². The zero-order valence-electron chi connectivity index (χ0n) is 13.7. The zero-order valence-corrected chi connectivity index (χ0v) is 14.5. The van der Waals surface area contributed by atoms with Crippen LogP contribution in [0.15, 0.2) is 42.5 Å². The Bertz CT molecular complexity index is 657. The number of hydrogen-bond donors (Lipinski definition) is 2. The molecule has 0 aliphatic carbocycles. The highest BCUT2D eigenvalue weighted by molar-refractivity contribution is 7.80. The maximum atomic E-state index is 5.64. The summed E-state index contributed by atoms with van der Waals surface area (Å²) in [5, 5.41) is 6.89. The topological polar surface area (TPSA) is 42.5 Å². The maximum absolute atomic E-state index is 5.64. The maximum Gasteiger partial charge on any atom is 0.170 e. The van der Waals surface area contributed by atoms with Crippen molar-refractivity contribution in [1.82, 2.24) is 5.32 Å². The van der Waals surface area contributed by atoms with E-state index in [1.54, 1.807) is 7.11 Å². The third kappa shape index (κ3) is 5.45. The SMILES string of the molecule is COc1ccc(OCCNC(=S)Nc2ccc(C)c(C)c2)cc1. The van der Waals surface area contributed by atoms with Crippen LogP contribution in [-0.2, 0) is 0 Å². The van der Waals surface area contributed by atoms with Gasteiger partial charge >= 0.3 is 0 Å². The molecular formula is C18H22N2O2S. The molecule has 0 spiro atoms. The molecule has 2 aromatic carbocycles. The van der Waals surface area contributed by atoms with Crippen molar-refractivity contribution in [2.45, 2.75) is 13.8 Å². The Morgan fingerprint density at radius 1 is 1.00 bits per heavy atom. The van der Waals surface area contributed by atoms with E-state index in [0.29, 0.717) is 18.3 Å². The summed E-state index contributed by atoms with van der Waals surface area (Å²) < 4.78 is 10.7. The summed E-state index contributed by atoms with van der Waals surface area (Å²) in [5.41, 5.74) is 3.49. The summed E-state index contributed by atoms with van der Waals surface area (Å²) in [5.74, 6) is 1.62. The molecule has 0 unspecified atom stereocenters. The van der Waals surface area contributed by atoms with E-state index in [9.17, 15) is 0 Å². The number of thiocarbonyl (C=S) groups is 1. The molecule has 2 rings (SSSR count). The minimum Gasteiger partial charge on any atom is -0.497 e.